The highest BCUT2D eigenvalue weighted by Gasteiger charge is 2.10. The first-order valence-electron chi connectivity index (χ1n) is 4.58. The van der Waals surface area contributed by atoms with E-state index in [1.165, 1.54) is 18.2 Å². The molecule has 0 saturated heterocycles. The third kappa shape index (κ3) is 1.96. The summed E-state index contributed by atoms with van der Waals surface area (Å²) in [5, 5.41) is 17.7. The van der Waals surface area contributed by atoms with Crippen molar-refractivity contribution in [1.29, 1.82) is 0 Å². The molecule has 0 aromatic heterocycles. The lowest BCUT2D eigenvalue weighted by Gasteiger charge is -2.02. The van der Waals surface area contributed by atoms with Gasteiger partial charge in [-0.05, 0) is 30.0 Å². The van der Waals surface area contributed by atoms with Crippen molar-refractivity contribution in [3.63, 3.8) is 0 Å². The van der Waals surface area contributed by atoms with Crippen LogP contribution >= 0.6 is 0 Å². The van der Waals surface area contributed by atoms with Gasteiger partial charge in [0.1, 0.15) is 0 Å². The van der Waals surface area contributed by atoms with Gasteiger partial charge in [0.15, 0.2) is 0 Å². The standard InChI is InChI=1S/C7H10BNO2/c1-5-2-6(8(10)11)4-7(9)3-5/h2-4,10-11H,9H2,1H3/i1D3. The third-order valence-corrected chi connectivity index (χ3v) is 1.28. The number of hydrogen-bond donors (Lipinski definition) is 3. The van der Waals surface area contributed by atoms with E-state index in [2.05, 4.69) is 0 Å². The lowest BCUT2D eigenvalue weighted by atomic mass is 9.79. The SMILES string of the molecule is [2H]C([2H])([2H])c1cc(N)cc(B(O)O)c1. The van der Waals surface area contributed by atoms with Crippen LogP contribution < -0.4 is 11.2 Å². The Morgan fingerprint density at radius 3 is 2.73 bits per heavy atom. The Kier molecular flexibility index (Phi) is 1.28. The van der Waals surface area contributed by atoms with E-state index in [0.717, 1.165) is 0 Å². The van der Waals surface area contributed by atoms with Crippen LogP contribution in [-0.2, 0) is 0 Å². The molecule has 4 heteroatoms. The molecular weight excluding hydrogens is 141 g/mol. The van der Waals surface area contributed by atoms with Crippen molar-refractivity contribution in [1.82, 2.24) is 0 Å². The maximum absolute atomic E-state index is 8.85. The predicted octanol–water partition coefficient (Wildman–Crippen LogP) is -0.743. The molecule has 3 nitrogen and oxygen atoms in total. The van der Waals surface area contributed by atoms with E-state index in [4.69, 9.17) is 19.9 Å². The fraction of sp³-hybridized carbons (Fsp3) is 0.143. The van der Waals surface area contributed by atoms with Crippen molar-refractivity contribution < 1.29 is 14.2 Å². The molecule has 0 amide bonds. The fourth-order valence-electron chi connectivity index (χ4n) is 0.826. The lowest BCUT2D eigenvalue weighted by Crippen LogP contribution is -2.30. The van der Waals surface area contributed by atoms with E-state index in [0.29, 0.717) is 0 Å². The number of nitrogen functional groups attached to an aromatic ring is 1. The van der Waals surface area contributed by atoms with Gasteiger partial charge in [0.25, 0.3) is 0 Å². The van der Waals surface area contributed by atoms with Crippen LogP contribution in [0, 0.1) is 6.85 Å². The summed E-state index contributed by atoms with van der Waals surface area (Å²) >= 11 is 0. The van der Waals surface area contributed by atoms with Gasteiger partial charge in [-0.2, -0.15) is 0 Å². The second-order valence-electron chi connectivity index (χ2n) is 2.26. The third-order valence-electron chi connectivity index (χ3n) is 1.28. The Balaban J connectivity index is 3.21. The van der Waals surface area contributed by atoms with Gasteiger partial charge in [0.2, 0.25) is 0 Å². The zero-order chi connectivity index (χ0) is 10.9. The maximum Gasteiger partial charge on any atom is 0.488 e. The quantitative estimate of drug-likeness (QED) is 0.368. The smallest absolute Gasteiger partial charge is 0.423 e. The average molecular weight is 154 g/mol. The molecule has 0 heterocycles. The van der Waals surface area contributed by atoms with Gasteiger partial charge >= 0.3 is 7.12 Å². The second-order valence-corrected chi connectivity index (χ2v) is 2.26. The molecule has 4 N–H and O–H groups in total. The Hall–Kier alpha value is -0.995. The summed E-state index contributed by atoms with van der Waals surface area (Å²) in [6.07, 6.45) is 0. The molecule has 58 valence electrons. The van der Waals surface area contributed by atoms with E-state index in [1.54, 1.807) is 0 Å². The summed E-state index contributed by atoms with van der Waals surface area (Å²) < 4.78 is 21.4. The van der Waals surface area contributed by atoms with Crippen LogP contribution in [0.4, 0.5) is 5.69 Å². The summed E-state index contributed by atoms with van der Waals surface area (Å²) in [4.78, 5) is 0. The molecule has 0 unspecified atom stereocenters. The number of rotatable bonds is 1. The van der Waals surface area contributed by atoms with E-state index in [1.807, 2.05) is 0 Å². The largest absolute Gasteiger partial charge is 0.488 e. The van der Waals surface area contributed by atoms with E-state index < -0.39 is 14.0 Å². The summed E-state index contributed by atoms with van der Waals surface area (Å²) in [6, 6.07) is 3.81. The first kappa shape index (κ1) is 4.80. The van der Waals surface area contributed by atoms with Crippen LogP contribution in [0.3, 0.4) is 0 Å². The predicted molar refractivity (Wildman–Crippen MR) is 45.4 cm³/mol. The highest BCUT2D eigenvalue weighted by atomic mass is 16.4. The molecule has 0 aliphatic carbocycles. The Morgan fingerprint density at radius 2 is 2.18 bits per heavy atom. The Labute approximate surface area is 69.8 Å². The fourth-order valence-corrected chi connectivity index (χ4v) is 0.826. The number of nitrogens with two attached hydrogens (primary N) is 1. The van der Waals surface area contributed by atoms with Gasteiger partial charge in [-0.15, -0.1) is 0 Å². The molecule has 0 aliphatic rings. The highest BCUT2D eigenvalue weighted by Crippen LogP contribution is 2.02. The van der Waals surface area contributed by atoms with Crippen molar-refractivity contribution in [2.24, 2.45) is 0 Å². The van der Waals surface area contributed by atoms with Crippen LogP contribution in [0.15, 0.2) is 18.2 Å². The monoisotopic (exact) mass is 154 g/mol. The molecule has 1 aromatic rings. The summed E-state index contributed by atoms with van der Waals surface area (Å²) in [6.45, 7) is -2.29. The molecule has 0 fully saturated rings. The van der Waals surface area contributed by atoms with Crippen molar-refractivity contribution in [3.05, 3.63) is 23.8 Å². The van der Waals surface area contributed by atoms with Crippen LogP contribution in [0.25, 0.3) is 0 Å². The molecule has 1 aromatic carbocycles. The zero-order valence-electron chi connectivity index (χ0n) is 8.78. The van der Waals surface area contributed by atoms with Crippen molar-refractivity contribution in [2.45, 2.75) is 6.85 Å². The molecule has 0 aliphatic heterocycles. The zero-order valence-corrected chi connectivity index (χ0v) is 5.78. The summed E-state index contributed by atoms with van der Waals surface area (Å²) in [7, 11) is -1.71. The molecule has 0 spiro atoms. The van der Waals surface area contributed by atoms with E-state index in [9.17, 15) is 0 Å². The van der Waals surface area contributed by atoms with Crippen molar-refractivity contribution in [3.8, 4) is 0 Å². The number of aryl methyl sites for hydroxylation is 1. The molecular formula is C7H10BNO2. The van der Waals surface area contributed by atoms with Crippen LogP contribution in [0.2, 0.25) is 0 Å². The maximum atomic E-state index is 8.85. The summed E-state index contributed by atoms with van der Waals surface area (Å²) in [5.41, 5.74) is 5.70. The molecule has 11 heavy (non-hydrogen) atoms. The number of hydrogen-bond acceptors (Lipinski definition) is 3. The molecule has 0 radical (unpaired) electrons. The van der Waals surface area contributed by atoms with Gasteiger partial charge in [-0.1, -0.05) is 6.07 Å². The number of benzene rings is 1. The van der Waals surface area contributed by atoms with Gasteiger partial charge in [0, 0.05) is 9.80 Å². The Bertz CT molecular complexity index is 340. The van der Waals surface area contributed by atoms with Gasteiger partial charge in [-0.3, -0.25) is 0 Å². The van der Waals surface area contributed by atoms with Crippen molar-refractivity contribution in [2.75, 3.05) is 5.73 Å². The topological polar surface area (TPSA) is 66.5 Å². The van der Waals surface area contributed by atoms with E-state index in [-0.39, 0.29) is 16.7 Å². The number of anilines is 1. The average Bonchev–Trinajstić information content (AvgIpc) is 2.01. The second kappa shape index (κ2) is 2.94. The normalized spacial score (nSPS) is 14.9. The van der Waals surface area contributed by atoms with Gasteiger partial charge in [0.05, 0.1) is 0 Å². The van der Waals surface area contributed by atoms with Crippen LogP contribution in [-0.4, -0.2) is 17.2 Å². The Morgan fingerprint density at radius 1 is 1.45 bits per heavy atom. The van der Waals surface area contributed by atoms with Crippen LogP contribution in [0.5, 0.6) is 0 Å². The van der Waals surface area contributed by atoms with Crippen LogP contribution in [0.1, 0.15) is 9.68 Å². The van der Waals surface area contributed by atoms with Gasteiger partial charge in [-0.25, -0.2) is 0 Å². The van der Waals surface area contributed by atoms with E-state index >= 15 is 0 Å². The minimum absolute atomic E-state index is 0.000556. The highest BCUT2D eigenvalue weighted by molar-refractivity contribution is 6.58. The van der Waals surface area contributed by atoms with Crippen molar-refractivity contribution >= 4 is 18.3 Å². The minimum Gasteiger partial charge on any atom is -0.423 e. The first-order valence-corrected chi connectivity index (χ1v) is 3.08. The van der Waals surface area contributed by atoms with Gasteiger partial charge < -0.3 is 15.8 Å². The lowest BCUT2D eigenvalue weighted by molar-refractivity contribution is 0.426. The summed E-state index contributed by atoms with van der Waals surface area (Å²) in [5.74, 6) is 0. The molecule has 1 rings (SSSR count). The molecule has 0 bridgehead atoms. The minimum atomic E-state index is -2.29. The first-order chi connectivity index (χ1) is 6.30. The molecule has 0 atom stereocenters. The molecule has 0 saturated carbocycles.